The van der Waals surface area contributed by atoms with E-state index in [9.17, 15) is 19.2 Å². The van der Waals surface area contributed by atoms with Crippen LogP contribution in [0.5, 0.6) is 5.75 Å². The number of aromatic amines is 1. The number of carbonyl (C=O) groups is 3. The molecule has 0 saturated carbocycles. The fourth-order valence-corrected chi connectivity index (χ4v) is 4.52. The van der Waals surface area contributed by atoms with Crippen molar-refractivity contribution in [2.45, 2.75) is 19.9 Å². The van der Waals surface area contributed by atoms with E-state index in [4.69, 9.17) is 9.47 Å². The minimum absolute atomic E-state index is 0.0637. The minimum atomic E-state index is -0.527. The molecule has 11 heteroatoms. The fraction of sp³-hybridized carbons (Fsp3) is 0.192. The van der Waals surface area contributed by atoms with Crippen molar-refractivity contribution >= 4 is 45.0 Å². The molecule has 190 valence electrons. The number of hydrogen-bond donors (Lipinski definition) is 3. The third-order valence-electron chi connectivity index (χ3n) is 5.35. The second kappa shape index (κ2) is 11.5. The highest BCUT2D eigenvalue weighted by Crippen LogP contribution is 2.22. The number of hydrogen-bond acceptors (Lipinski definition) is 8. The zero-order valence-electron chi connectivity index (χ0n) is 20.1. The van der Waals surface area contributed by atoms with E-state index in [-0.39, 0.29) is 36.7 Å². The number of benzene rings is 2. The summed E-state index contributed by atoms with van der Waals surface area (Å²) in [5.74, 6) is -0.752. The van der Waals surface area contributed by atoms with Crippen LogP contribution in [0.25, 0.3) is 10.2 Å². The molecule has 0 saturated heterocycles. The number of amides is 2. The summed E-state index contributed by atoms with van der Waals surface area (Å²) < 4.78 is 10.1. The third kappa shape index (κ3) is 6.19. The van der Waals surface area contributed by atoms with E-state index in [1.54, 1.807) is 55.8 Å². The highest BCUT2D eigenvalue weighted by molar-refractivity contribution is 7.16. The van der Waals surface area contributed by atoms with Crippen LogP contribution in [0.2, 0.25) is 0 Å². The molecule has 37 heavy (non-hydrogen) atoms. The molecule has 0 spiro atoms. The number of carbonyl (C=O) groups excluding carboxylic acids is 3. The zero-order chi connectivity index (χ0) is 26.4. The van der Waals surface area contributed by atoms with Gasteiger partial charge < -0.3 is 25.1 Å². The van der Waals surface area contributed by atoms with Gasteiger partial charge in [-0.15, -0.1) is 11.3 Å². The Morgan fingerprint density at radius 2 is 1.89 bits per heavy atom. The van der Waals surface area contributed by atoms with Crippen LogP contribution in [-0.4, -0.2) is 41.5 Å². The molecule has 2 amide bonds. The number of H-pyrrole nitrogens is 1. The van der Waals surface area contributed by atoms with Gasteiger partial charge in [-0.25, -0.2) is 9.78 Å². The zero-order valence-corrected chi connectivity index (χ0v) is 20.9. The first-order chi connectivity index (χ1) is 17.9. The van der Waals surface area contributed by atoms with Crippen molar-refractivity contribution in [1.29, 1.82) is 0 Å². The van der Waals surface area contributed by atoms with Gasteiger partial charge in [0, 0.05) is 12.2 Å². The predicted molar refractivity (Wildman–Crippen MR) is 139 cm³/mol. The number of ether oxygens (including phenoxy) is 2. The van der Waals surface area contributed by atoms with Crippen molar-refractivity contribution < 1.29 is 23.9 Å². The average Bonchev–Trinajstić information content (AvgIpc) is 3.30. The topological polar surface area (TPSA) is 139 Å². The van der Waals surface area contributed by atoms with Crippen molar-refractivity contribution in [3.63, 3.8) is 0 Å². The average molecular weight is 521 g/mol. The normalized spacial score (nSPS) is 10.6. The Labute approximate surface area is 215 Å². The van der Waals surface area contributed by atoms with Crippen molar-refractivity contribution in [3.8, 4) is 5.75 Å². The van der Waals surface area contributed by atoms with E-state index in [2.05, 4.69) is 20.6 Å². The lowest BCUT2D eigenvalue weighted by Gasteiger charge is -2.07. The van der Waals surface area contributed by atoms with Crippen molar-refractivity contribution in [2.75, 3.05) is 19.0 Å². The summed E-state index contributed by atoms with van der Waals surface area (Å²) >= 11 is 1.18. The molecule has 2 aromatic carbocycles. The lowest BCUT2D eigenvalue weighted by Crippen LogP contribution is -2.27. The molecule has 0 aliphatic rings. The van der Waals surface area contributed by atoms with Crippen LogP contribution in [0, 0.1) is 0 Å². The van der Waals surface area contributed by atoms with Crippen LogP contribution in [0.4, 0.5) is 5.69 Å². The van der Waals surface area contributed by atoms with Crippen molar-refractivity contribution in [2.24, 2.45) is 0 Å². The van der Waals surface area contributed by atoms with E-state index in [0.29, 0.717) is 27.4 Å². The first kappa shape index (κ1) is 25.6. The number of anilines is 1. The largest absolute Gasteiger partial charge is 0.497 e. The Morgan fingerprint density at radius 3 is 2.62 bits per heavy atom. The number of nitrogens with one attached hydrogen (secondary N) is 3. The number of thiophene rings is 1. The van der Waals surface area contributed by atoms with Crippen LogP contribution < -0.4 is 20.9 Å². The van der Waals surface area contributed by atoms with Gasteiger partial charge in [0.1, 0.15) is 10.6 Å². The molecule has 10 nitrogen and oxygen atoms in total. The molecule has 4 aromatic rings. The molecule has 0 radical (unpaired) electrons. The van der Waals surface area contributed by atoms with Gasteiger partial charge in [-0.3, -0.25) is 14.4 Å². The number of aromatic nitrogens is 2. The maximum Gasteiger partial charge on any atom is 0.338 e. The first-order valence-electron chi connectivity index (χ1n) is 11.4. The number of methoxy groups -OCH3 is 1. The van der Waals surface area contributed by atoms with Crippen LogP contribution in [0.15, 0.2) is 58.7 Å². The SMILES string of the molecule is CCOC(=O)c1ccc(NC(=O)Cc2csc3nc(C(=O)NCc4cccc(OC)c4)[nH]c(=O)c23)cc1. The summed E-state index contributed by atoms with van der Waals surface area (Å²) in [7, 11) is 1.56. The van der Waals surface area contributed by atoms with Crippen LogP contribution in [-0.2, 0) is 22.5 Å². The Morgan fingerprint density at radius 1 is 1.11 bits per heavy atom. The van der Waals surface area contributed by atoms with Gasteiger partial charge in [-0.1, -0.05) is 12.1 Å². The molecule has 2 aromatic heterocycles. The Balaban J connectivity index is 1.42. The summed E-state index contributed by atoms with van der Waals surface area (Å²) in [4.78, 5) is 56.9. The molecular formula is C26H24N4O6S. The van der Waals surface area contributed by atoms with Crippen molar-refractivity contribution in [3.05, 3.63) is 86.8 Å². The second-order valence-corrected chi connectivity index (χ2v) is 8.77. The lowest BCUT2D eigenvalue weighted by atomic mass is 10.1. The van der Waals surface area contributed by atoms with Gasteiger partial charge in [0.15, 0.2) is 0 Å². The maximum atomic E-state index is 12.8. The highest BCUT2D eigenvalue weighted by atomic mass is 32.1. The molecular weight excluding hydrogens is 496 g/mol. The number of fused-ring (bicyclic) bond motifs is 1. The van der Waals surface area contributed by atoms with Gasteiger partial charge in [0.05, 0.1) is 31.1 Å². The molecule has 0 aliphatic carbocycles. The molecule has 2 heterocycles. The molecule has 0 unspecified atom stereocenters. The van der Waals surface area contributed by atoms with Gasteiger partial charge in [0.25, 0.3) is 11.5 Å². The Bertz CT molecular complexity index is 1510. The van der Waals surface area contributed by atoms with Gasteiger partial charge >= 0.3 is 5.97 Å². The quantitative estimate of drug-likeness (QED) is 0.288. The molecule has 0 fully saturated rings. The van der Waals surface area contributed by atoms with E-state index in [1.165, 1.54) is 11.3 Å². The smallest absolute Gasteiger partial charge is 0.338 e. The van der Waals surface area contributed by atoms with E-state index < -0.39 is 17.4 Å². The minimum Gasteiger partial charge on any atom is -0.497 e. The van der Waals surface area contributed by atoms with E-state index >= 15 is 0 Å². The van der Waals surface area contributed by atoms with Gasteiger partial charge in [0.2, 0.25) is 11.7 Å². The maximum absolute atomic E-state index is 12.8. The summed E-state index contributed by atoms with van der Waals surface area (Å²) in [5.41, 5.74) is 1.71. The lowest BCUT2D eigenvalue weighted by molar-refractivity contribution is -0.115. The number of rotatable bonds is 9. The summed E-state index contributed by atoms with van der Waals surface area (Å²) in [6, 6.07) is 13.6. The van der Waals surface area contributed by atoms with Crippen LogP contribution >= 0.6 is 11.3 Å². The van der Waals surface area contributed by atoms with Gasteiger partial charge in [-0.2, -0.15) is 0 Å². The van der Waals surface area contributed by atoms with E-state index in [1.807, 2.05) is 12.1 Å². The van der Waals surface area contributed by atoms with Gasteiger partial charge in [-0.05, 0) is 59.8 Å². The van der Waals surface area contributed by atoms with Crippen LogP contribution in [0.1, 0.15) is 39.0 Å². The summed E-state index contributed by atoms with van der Waals surface area (Å²) in [6.45, 7) is 2.23. The molecule has 3 N–H and O–H groups in total. The molecule has 0 atom stereocenters. The number of esters is 1. The highest BCUT2D eigenvalue weighted by Gasteiger charge is 2.17. The second-order valence-electron chi connectivity index (χ2n) is 7.91. The molecule has 0 bridgehead atoms. The Kier molecular flexibility index (Phi) is 7.94. The monoisotopic (exact) mass is 520 g/mol. The van der Waals surface area contributed by atoms with Crippen molar-refractivity contribution in [1.82, 2.24) is 15.3 Å². The fourth-order valence-electron chi connectivity index (χ4n) is 3.58. The first-order valence-corrected chi connectivity index (χ1v) is 12.2. The predicted octanol–water partition coefficient (Wildman–Crippen LogP) is 3.28. The molecule has 4 rings (SSSR count). The van der Waals surface area contributed by atoms with Crippen LogP contribution in [0.3, 0.4) is 0 Å². The van der Waals surface area contributed by atoms with E-state index in [0.717, 1.165) is 5.56 Å². The molecule has 0 aliphatic heterocycles. The standard InChI is InChI=1S/C26H24N4O6S/c1-3-36-26(34)16-7-9-18(10-8-16)28-20(31)12-17-14-37-25-21(17)23(32)29-22(30-25)24(33)27-13-15-5-4-6-19(11-15)35-2/h4-11,14H,3,12-13H2,1-2H3,(H,27,33)(H,28,31)(H,29,30,32). The Hall–Kier alpha value is -4.51. The number of nitrogens with zero attached hydrogens (tertiary/aromatic N) is 1. The summed E-state index contributed by atoms with van der Waals surface area (Å²) in [5, 5.41) is 7.41. The third-order valence-corrected chi connectivity index (χ3v) is 6.27. The summed E-state index contributed by atoms with van der Waals surface area (Å²) in [6.07, 6.45) is -0.0637.